The molecule has 1 amide bonds. The Morgan fingerprint density at radius 2 is 2.08 bits per heavy atom. The zero-order chi connectivity index (χ0) is 18.9. The molecular weight excluding hydrogens is 356 g/mol. The minimum Gasteiger partial charge on any atom is -0.508 e. The molecule has 0 fully saturated rings. The number of benzene rings is 1. The monoisotopic (exact) mass is 378 g/mol. The van der Waals surface area contributed by atoms with Gasteiger partial charge in [-0.3, -0.25) is 9.48 Å². The third-order valence-corrected chi connectivity index (χ3v) is 5.65. The largest absolute Gasteiger partial charge is 0.508 e. The number of amides is 1. The first kappa shape index (κ1) is 18.4. The van der Waals surface area contributed by atoms with Gasteiger partial charge in [0.1, 0.15) is 5.75 Å². The number of hydrogen-bond acceptors (Lipinski definition) is 5. The number of fused-ring (bicyclic) bond motifs is 1. The topological polar surface area (TPSA) is 105 Å². The molecule has 2 heterocycles. The number of aromatic hydroxyl groups is 1. The number of rotatable bonds is 4. The van der Waals surface area contributed by atoms with Crippen molar-refractivity contribution in [3.8, 4) is 5.75 Å². The predicted molar refractivity (Wildman–Crippen MR) is 96.1 cm³/mol. The zero-order valence-electron chi connectivity index (χ0n) is 14.8. The van der Waals surface area contributed by atoms with Gasteiger partial charge in [-0.25, -0.2) is 8.42 Å². The van der Waals surface area contributed by atoms with Crippen LogP contribution < -0.4 is 5.32 Å². The number of carbonyl (C=O) groups is 1. The smallest absolute Gasteiger partial charge is 0.251 e. The van der Waals surface area contributed by atoms with Crippen LogP contribution in [0.3, 0.4) is 0 Å². The van der Waals surface area contributed by atoms with E-state index in [9.17, 15) is 18.3 Å². The summed E-state index contributed by atoms with van der Waals surface area (Å²) in [6, 6.07) is 6.58. The van der Waals surface area contributed by atoms with E-state index in [1.165, 1.54) is 16.6 Å². The number of phenolic OH excluding ortho intramolecular Hbond substituents is 1. The molecule has 26 heavy (non-hydrogen) atoms. The molecule has 1 aliphatic rings. The molecule has 0 unspecified atom stereocenters. The molecule has 1 aromatic carbocycles. The molecule has 2 N–H and O–H groups in total. The third-order valence-electron chi connectivity index (χ3n) is 4.40. The maximum atomic E-state index is 12.2. The average Bonchev–Trinajstić information content (AvgIpc) is 2.84. The molecule has 8 nitrogen and oxygen atoms in total. The lowest BCUT2D eigenvalue weighted by molar-refractivity contribution is 0.0950. The Morgan fingerprint density at radius 3 is 2.77 bits per heavy atom. The molecular formula is C17H22N4O4S. The molecule has 0 bridgehead atoms. The number of hydrogen-bond donors (Lipinski definition) is 2. The van der Waals surface area contributed by atoms with Crippen LogP contribution in [0.2, 0.25) is 0 Å². The lowest BCUT2D eigenvalue weighted by atomic mass is 10.1. The molecule has 2 aromatic rings. The van der Waals surface area contributed by atoms with Crippen LogP contribution in [0.1, 0.15) is 33.7 Å². The Bertz CT molecular complexity index is 936. The van der Waals surface area contributed by atoms with Crippen molar-refractivity contribution >= 4 is 15.9 Å². The van der Waals surface area contributed by atoms with Crippen LogP contribution in [0.5, 0.6) is 5.75 Å². The summed E-state index contributed by atoms with van der Waals surface area (Å²) in [4.78, 5) is 12.2. The van der Waals surface area contributed by atoms with Crippen molar-refractivity contribution in [1.82, 2.24) is 19.4 Å². The van der Waals surface area contributed by atoms with Crippen molar-refractivity contribution in [1.29, 1.82) is 0 Å². The van der Waals surface area contributed by atoms with Crippen LogP contribution in [-0.4, -0.2) is 46.3 Å². The fraction of sp³-hybridized carbons (Fsp3) is 0.412. The first-order chi connectivity index (χ1) is 12.2. The highest BCUT2D eigenvalue weighted by Gasteiger charge is 2.22. The van der Waals surface area contributed by atoms with Gasteiger partial charge in [0.2, 0.25) is 10.0 Å². The van der Waals surface area contributed by atoms with Crippen molar-refractivity contribution in [3.63, 3.8) is 0 Å². The Balaban J connectivity index is 1.68. The summed E-state index contributed by atoms with van der Waals surface area (Å²) in [5.74, 6) is -0.228. The van der Waals surface area contributed by atoms with Crippen LogP contribution in [-0.2, 0) is 29.7 Å². The molecule has 140 valence electrons. The van der Waals surface area contributed by atoms with E-state index in [1.807, 2.05) is 6.07 Å². The zero-order valence-corrected chi connectivity index (χ0v) is 15.6. The minimum atomic E-state index is -3.25. The Hall–Kier alpha value is -2.39. The fourth-order valence-electron chi connectivity index (χ4n) is 2.89. The molecule has 0 spiro atoms. The van der Waals surface area contributed by atoms with Gasteiger partial charge in [0, 0.05) is 18.7 Å². The highest BCUT2D eigenvalue weighted by atomic mass is 32.2. The van der Waals surface area contributed by atoms with E-state index in [0.29, 0.717) is 36.3 Å². The Kier molecular flexibility index (Phi) is 5.01. The standard InChI is InChI=1S/C17H22N4O4S/c1-12-4-5-13(8-16(12)22)17(23)18-10-14-9-15-11-20(26(2,24)25)6-3-7-21(15)19-14/h4-5,8-9,22H,3,6-7,10-11H2,1-2H3,(H,18,23). The van der Waals surface area contributed by atoms with Crippen LogP contribution in [0.15, 0.2) is 24.3 Å². The number of phenols is 1. The van der Waals surface area contributed by atoms with Crippen LogP contribution in [0.4, 0.5) is 0 Å². The second kappa shape index (κ2) is 7.08. The first-order valence-corrected chi connectivity index (χ1v) is 10.2. The maximum Gasteiger partial charge on any atom is 0.251 e. The molecule has 0 radical (unpaired) electrons. The lowest BCUT2D eigenvalue weighted by Gasteiger charge is -2.16. The number of nitrogens with zero attached hydrogens (tertiary/aromatic N) is 3. The normalized spacial score (nSPS) is 15.3. The van der Waals surface area contributed by atoms with Crippen molar-refractivity contribution in [2.45, 2.75) is 33.0 Å². The van der Waals surface area contributed by atoms with Crippen LogP contribution in [0, 0.1) is 6.92 Å². The van der Waals surface area contributed by atoms with Gasteiger partial charge in [0.05, 0.1) is 30.7 Å². The summed E-state index contributed by atoms with van der Waals surface area (Å²) >= 11 is 0. The van der Waals surface area contributed by atoms with Gasteiger partial charge >= 0.3 is 0 Å². The van der Waals surface area contributed by atoms with Crippen LogP contribution >= 0.6 is 0 Å². The SMILES string of the molecule is Cc1ccc(C(=O)NCc2cc3n(n2)CCCN(S(C)(=O)=O)C3)cc1O. The van der Waals surface area contributed by atoms with Crippen LogP contribution in [0.25, 0.3) is 0 Å². The number of aryl methyl sites for hydroxylation is 2. The van der Waals surface area contributed by atoms with E-state index >= 15 is 0 Å². The Morgan fingerprint density at radius 1 is 1.31 bits per heavy atom. The van der Waals surface area contributed by atoms with Crippen molar-refractivity contribution < 1.29 is 18.3 Å². The van der Waals surface area contributed by atoms with E-state index < -0.39 is 10.0 Å². The summed E-state index contributed by atoms with van der Waals surface area (Å²) in [5.41, 5.74) is 2.55. The first-order valence-electron chi connectivity index (χ1n) is 8.32. The summed E-state index contributed by atoms with van der Waals surface area (Å²) in [5, 5.41) is 16.9. The highest BCUT2D eigenvalue weighted by molar-refractivity contribution is 7.88. The van der Waals surface area contributed by atoms with Crippen molar-refractivity contribution in [3.05, 3.63) is 46.8 Å². The number of carbonyl (C=O) groups excluding carboxylic acids is 1. The second-order valence-corrected chi connectivity index (χ2v) is 8.47. The minimum absolute atomic E-state index is 0.0761. The Labute approximate surface area is 152 Å². The molecule has 0 saturated heterocycles. The third kappa shape index (κ3) is 4.05. The summed E-state index contributed by atoms with van der Waals surface area (Å²) in [6.45, 7) is 3.39. The van der Waals surface area contributed by atoms with E-state index in [-0.39, 0.29) is 24.7 Å². The summed E-state index contributed by atoms with van der Waals surface area (Å²) in [7, 11) is -3.25. The molecule has 0 aliphatic carbocycles. The van der Waals surface area contributed by atoms with Gasteiger partial charge in [0.15, 0.2) is 0 Å². The summed E-state index contributed by atoms with van der Waals surface area (Å²) in [6.07, 6.45) is 1.90. The second-order valence-electron chi connectivity index (χ2n) is 6.48. The number of nitrogens with one attached hydrogen (secondary N) is 1. The molecule has 1 aromatic heterocycles. The fourth-order valence-corrected chi connectivity index (χ4v) is 3.71. The van der Waals surface area contributed by atoms with Gasteiger partial charge in [-0.2, -0.15) is 9.40 Å². The highest BCUT2D eigenvalue weighted by Crippen LogP contribution is 2.18. The molecule has 3 rings (SSSR count). The van der Waals surface area contributed by atoms with Gasteiger partial charge in [-0.05, 0) is 37.1 Å². The van der Waals surface area contributed by atoms with E-state index in [0.717, 1.165) is 5.69 Å². The maximum absolute atomic E-state index is 12.2. The van der Waals surface area contributed by atoms with E-state index in [1.54, 1.807) is 23.7 Å². The number of sulfonamides is 1. The average molecular weight is 378 g/mol. The van der Waals surface area contributed by atoms with Gasteiger partial charge in [-0.15, -0.1) is 0 Å². The molecule has 9 heteroatoms. The van der Waals surface area contributed by atoms with E-state index in [2.05, 4.69) is 10.4 Å². The van der Waals surface area contributed by atoms with Gasteiger partial charge in [0.25, 0.3) is 5.91 Å². The van der Waals surface area contributed by atoms with Gasteiger partial charge < -0.3 is 10.4 Å². The van der Waals surface area contributed by atoms with Crippen molar-refractivity contribution in [2.24, 2.45) is 0 Å². The van der Waals surface area contributed by atoms with Gasteiger partial charge in [-0.1, -0.05) is 6.07 Å². The van der Waals surface area contributed by atoms with E-state index in [4.69, 9.17) is 0 Å². The molecule has 0 atom stereocenters. The van der Waals surface area contributed by atoms with Crippen molar-refractivity contribution in [2.75, 3.05) is 12.8 Å². The summed E-state index contributed by atoms with van der Waals surface area (Å²) < 4.78 is 26.8. The number of aromatic nitrogens is 2. The quantitative estimate of drug-likeness (QED) is 0.826. The predicted octanol–water partition coefficient (Wildman–Crippen LogP) is 0.992. The molecule has 0 saturated carbocycles. The molecule has 1 aliphatic heterocycles. The lowest BCUT2D eigenvalue weighted by Crippen LogP contribution is -2.29.